The number of anilines is 1. The normalized spacial score (nSPS) is 19.2. The molecule has 2 fully saturated rings. The van der Waals surface area contributed by atoms with Gasteiger partial charge in [0.15, 0.2) is 0 Å². The van der Waals surface area contributed by atoms with Crippen molar-refractivity contribution in [3.8, 4) is 5.75 Å². The summed E-state index contributed by atoms with van der Waals surface area (Å²) in [6, 6.07) is 10.9. The number of amides is 2. The van der Waals surface area contributed by atoms with E-state index in [2.05, 4.69) is 33.0 Å². The predicted molar refractivity (Wildman–Crippen MR) is 165 cm³/mol. The lowest BCUT2D eigenvalue weighted by atomic mass is 10.1. The SMILES string of the molecule is CC(C)(C)OC(=O)CC[C@@H](C(N)=O)N1Cc2cc(O[C@H]3CCN(Cc4ccc5nc(N6CCC6)ncc5c4)C3)ccc2C1=O. The van der Waals surface area contributed by atoms with Crippen LogP contribution in [0.5, 0.6) is 5.75 Å². The van der Waals surface area contributed by atoms with Crippen molar-refractivity contribution < 1.29 is 23.9 Å². The van der Waals surface area contributed by atoms with Crippen molar-refractivity contribution in [1.82, 2.24) is 19.8 Å². The van der Waals surface area contributed by atoms with E-state index >= 15 is 0 Å². The van der Waals surface area contributed by atoms with E-state index in [1.54, 1.807) is 32.9 Å². The first-order chi connectivity index (χ1) is 21.0. The number of hydrogen-bond donors (Lipinski definition) is 1. The molecule has 3 aliphatic rings. The Kier molecular flexibility index (Phi) is 8.15. The zero-order valence-electron chi connectivity index (χ0n) is 25.6. The summed E-state index contributed by atoms with van der Waals surface area (Å²) in [5.41, 5.74) is 8.51. The third kappa shape index (κ3) is 6.62. The van der Waals surface area contributed by atoms with E-state index in [9.17, 15) is 14.4 Å². The highest BCUT2D eigenvalue weighted by Crippen LogP contribution is 2.31. The average Bonchev–Trinajstić information content (AvgIpc) is 3.50. The van der Waals surface area contributed by atoms with Crippen LogP contribution in [0, 0.1) is 0 Å². The Labute approximate surface area is 257 Å². The van der Waals surface area contributed by atoms with Gasteiger partial charge in [0.25, 0.3) is 5.91 Å². The number of carbonyl (C=O) groups is 3. The Morgan fingerprint density at radius 3 is 2.66 bits per heavy atom. The molecule has 232 valence electrons. The molecule has 0 aliphatic carbocycles. The smallest absolute Gasteiger partial charge is 0.306 e. The number of fused-ring (bicyclic) bond motifs is 2. The summed E-state index contributed by atoms with van der Waals surface area (Å²) < 4.78 is 11.7. The molecule has 2 N–H and O–H groups in total. The van der Waals surface area contributed by atoms with Crippen LogP contribution in [0.25, 0.3) is 10.9 Å². The molecule has 0 saturated carbocycles. The Morgan fingerprint density at radius 1 is 1.11 bits per heavy atom. The Balaban J connectivity index is 1.04. The highest BCUT2D eigenvalue weighted by Gasteiger charge is 2.36. The summed E-state index contributed by atoms with van der Waals surface area (Å²) in [6.45, 7) is 10.1. The van der Waals surface area contributed by atoms with E-state index in [1.165, 1.54) is 16.9 Å². The number of benzene rings is 2. The minimum absolute atomic E-state index is 0.00973. The topological polar surface area (TPSA) is 131 Å². The van der Waals surface area contributed by atoms with Crippen LogP contribution in [-0.4, -0.2) is 81.5 Å². The first kappa shape index (κ1) is 29.8. The molecule has 1 aromatic heterocycles. The van der Waals surface area contributed by atoms with Crippen LogP contribution in [0.15, 0.2) is 42.6 Å². The predicted octanol–water partition coefficient (Wildman–Crippen LogP) is 3.42. The number of nitrogens with two attached hydrogens (primary N) is 1. The molecule has 44 heavy (non-hydrogen) atoms. The number of carbonyl (C=O) groups excluding carboxylic acids is 3. The number of esters is 1. The van der Waals surface area contributed by atoms with Crippen LogP contribution in [0.4, 0.5) is 5.95 Å². The molecule has 2 aromatic carbocycles. The van der Waals surface area contributed by atoms with Crippen LogP contribution in [-0.2, 0) is 27.4 Å². The second-order valence-electron chi connectivity index (χ2n) is 13.0. The van der Waals surface area contributed by atoms with Gasteiger partial charge < -0.3 is 25.0 Å². The van der Waals surface area contributed by atoms with Gasteiger partial charge in [0.05, 0.1) is 5.52 Å². The summed E-state index contributed by atoms with van der Waals surface area (Å²) in [4.78, 5) is 53.0. The molecule has 2 amide bonds. The maximum absolute atomic E-state index is 13.2. The number of primary amides is 1. The monoisotopic (exact) mass is 600 g/mol. The van der Waals surface area contributed by atoms with Crippen LogP contribution in [0.2, 0.25) is 0 Å². The van der Waals surface area contributed by atoms with Gasteiger partial charge in [0, 0.05) is 62.8 Å². The van der Waals surface area contributed by atoms with Gasteiger partial charge in [-0.15, -0.1) is 0 Å². The fourth-order valence-electron chi connectivity index (χ4n) is 6.07. The molecule has 0 bridgehead atoms. The lowest BCUT2D eigenvalue weighted by Gasteiger charge is -2.30. The van der Waals surface area contributed by atoms with Gasteiger partial charge in [0.1, 0.15) is 23.5 Å². The van der Waals surface area contributed by atoms with Gasteiger partial charge in [-0.2, -0.15) is 0 Å². The number of nitrogens with zero attached hydrogens (tertiary/aromatic N) is 5. The average molecular weight is 601 g/mol. The van der Waals surface area contributed by atoms with Crippen molar-refractivity contribution in [2.24, 2.45) is 5.73 Å². The summed E-state index contributed by atoms with van der Waals surface area (Å²) in [6.07, 6.45) is 4.13. The van der Waals surface area contributed by atoms with Gasteiger partial charge in [-0.3, -0.25) is 19.3 Å². The second-order valence-corrected chi connectivity index (χ2v) is 13.0. The lowest BCUT2D eigenvalue weighted by molar-refractivity contribution is -0.155. The molecule has 0 radical (unpaired) electrons. The fourth-order valence-corrected chi connectivity index (χ4v) is 6.07. The third-order valence-corrected chi connectivity index (χ3v) is 8.36. The number of rotatable bonds is 10. The third-order valence-electron chi connectivity index (χ3n) is 8.36. The largest absolute Gasteiger partial charge is 0.489 e. The number of ether oxygens (including phenoxy) is 2. The van der Waals surface area contributed by atoms with Gasteiger partial charge in [-0.1, -0.05) is 6.07 Å². The van der Waals surface area contributed by atoms with Crippen LogP contribution in [0.1, 0.15) is 67.9 Å². The number of hydrogen-bond acceptors (Lipinski definition) is 9. The second kappa shape index (κ2) is 12.0. The van der Waals surface area contributed by atoms with Gasteiger partial charge in [0.2, 0.25) is 11.9 Å². The maximum atomic E-state index is 13.2. The Morgan fingerprint density at radius 2 is 1.93 bits per heavy atom. The molecule has 4 heterocycles. The van der Waals surface area contributed by atoms with Crippen molar-refractivity contribution in [3.05, 3.63) is 59.3 Å². The van der Waals surface area contributed by atoms with Gasteiger partial charge in [-0.05, 0) is 81.5 Å². The van der Waals surface area contributed by atoms with Crippen LogP contribution < -0.4 is 15.4 Å². The van der Waals surface area contributed by atoms with E-state index in [1.807, 2.05) is 12.3 Å². The standard InChI is InChI=1S/C33H40N6O5/c1-33(2,3)44-29(40)10-9-28(30(34)41)39-19-23-16-24(6-7-26(23)31(39)42)43-25-11-14-37(20-25)18-21-5-8-27-22(15-21)17-35-32(36-27)38-12-4-13-38/h5-8,15-17,25,28H,4,9-14,18-20H2,1-3H3,(H2,34,41)/t25-,28-/m0/s1. The molecule has 0 unspecified atom stereocenters. The molecule has 3 aromatic rings. The molecule has 0 spiro atoms. The highest BCUT2D eigenvalue weighted by molar-refractivity contribution is 6.01. The van der Waals surface area contributed by atoms with Crippen molar-refractivity contribution >= 4 is 34.6 Å². The number of aromatic nitrogens is 2. The van der Waals surface area contributed by atoms with E-state index in [-0.39, 0.29) is 31.4 Å². The van der Waals surface area contributed by atoms with Gasteiger partial charge >= 0.3 is 5.97 Å². The number of likely N-dealkylation sites (tertiary alicyclic amines) is 1. The maximum Gasteiger partial charge on any atom is 0.306 e. The van der Waals surface area contributed by atoms with Crippen molar-refractivity contribution in [3.63, 3.8) is 0 Å². The first-order valence-corrected chi connectivity index (χ1v) is 15.4. The van der Waals surface area contributed by atoms with Crippen molar-refractivity contribution in [2.75, 3.05) is 31.1 Å². The molecule has 3 aliphatic heterocycles. The zero-order chi connectivity index (χ0) is 31.0. The lowest BCUT2D eigenvalue weighted by Crippen LogP contribution is -2.45. The van der Waals surface area contributed by atoms with E-state index < -0.39 is 23.5 Å². The zero-order valence-corrected chi connectivity index (χ0v) is 25.6. The molecule has 2 saturated heterocycles. The highest BCUT2D eigenvalue weighted by atomic mass is 16.6. The Bertz CT molecular complexity index is 1580. The first-order valence-electron chi connectivity index (χ1n) is 15.4. The molecular formula is C33H40N6O5. The van der Waals surface area contributed by atoms with E-state index in [0.717, 1.165) is 61.6 Å². The summed E-state index contributed by atoms with van der Waals surface area (Å²) >= 11 is 0. The molecule has 11 heteroatoms. The molecule has 6 rings (SSSR count). The Hall–Kier alpha value is -4.25. The summed E-state index contributed by atoms with van der Waals surface area (Å²) in [5, 5.41) is 1.05. The van der Waals surface area contributed by atoms with E-state index in [4.69, 9.17) is 20.2 Å². The molecule has 11 nitrogen and oxygen atoms in total. The summed E-state index contributed by atoms with van der Waals surface area (Å²) in [7, 11) is 0. The molecular weight excluding hydrogens is 560 g/mol. The van der Waals surface area contributed by atoms with Crippen LogP contribution in [0.3, 0.4) is 0 Å². The quantitative estimate of drug-likeness (QED) is 0.348. The minimum atomic E-state index is -0.903. The van der Waals surface area contributed by atoms with Crippen molar-refractivity contribution in [2.45, 2.75) is 77.3 Å². The van der Waals surface area contributed by atoms with Crippen molar-refractivity contribution in [1.29, 1.82) is 0 Å². The van der Waals surface area contributed by atoms with Gasteiger partial charge in [-0.25, -0.2) is 9.97 Å². The van der Waals surface area contributed by atoms with E-state index in [0.29, 0.717) is 11.3 Å². The minimum Gasteiger partial charge on any atom is -0.489 e. The molecule has 2 atom stereocenters. The fraction of sp³-hybridized carbons (Fsp3) is 0.485. The van der Waals surface area contributed by atoms with Crippen LogP contribution >= 0.6 is 0 Å². The summed E-state index contributed by atoms with van der Waals surface area (Å²) in [5.74, 6) is 0.151.